The lowest BCUT2D eigenvalue weighted by Gasteiger charge is -2.31. The van der Waals surface area contributed by atoms with Gasteiger partial charge < -0.3 is 4.74 Å². The Morgan fingerprint density at radius 3 is 2.95 bits per heavy atom. The van der Waals surface area contributed by atoms with Crippen LogP contribution in [0.25, 0.3) is 0 Å². The van der Waals surface area contributed by atoms with E-state index in [1.54, 1.807) is 12.1 Å². The quantitative estimate of drug-likeness (QED) is 0.392. The van der Waals surface area contributed by atoms with Crippen LogP contribution in [0.4, 0.5) is 14.5 Å². The van der Waals surface area contributed by atoms with Crippen molar-refractivity contribution in [2.75, 3.05) is 13.2 Å². The van der Waals surface area contributed by atoms with Gasteiger partial charge in [-0.2, -0.15) is 11.1 Å². The van der Waals surface area contributed by atoms with Gasteiger partial charge in [-0.25, -0.2) is 8.78 Å². The van der Waals surface area contributed by atoms with Gasteiger partial charge in [-0.05, 0) is 30.4 Å². The number of halogens is 2. The van der Waals surface area contributed by atoms with Crippen LogP contribution in [0.2, 0.25) is 0 Å². The monoisotopic (exact) mass is 296 g/mol. The van der Waals surface area contributed by atoms with Gasteiger partial charge >= 0.3 is 0 Å². The van der Waals surface area contributed by atoms with Gasteiger partial charge in [-0.1, -0.05) is 6.07 Å². The molecule has 0 radical (unpaired) electrons. The molecule has 2 N–H and O–H groups in total. The number of hydrogen-bond donors (Lipinski definition) is 1. The number of nitriles is 1. The summed E-state index contributed by atoms with van der Waals surface area (Å²) in [4.78, 5) is 11.3. The summed E-state index contributed by atoms with van der Waals surface area (Å²) in [5.41, 5.74) is 1.39. The number of aryl methyl sites for hydroxylation is 1. The Morgan fingerprint density at radius 1 is 1.52 bits per heavy atom. The summed E-state index contributed by atoms with van der Waals surface area (Å²) in [7, 11) is 0. The number of alkyl halides is 2. The van der Waals surface area contributed by atoms with Crippen molar-refractivity contribution in [1.82, 2.24) is 0 Å². The molecular weight excluding hydrogens is 280 g/mol. The molecule has 21 heavy (non-hydrogen) atoms. The molecular formula is C14H16F2N3O2+. The van der Waals surface area contributed by atoms with Crippen LogP contribution >= 0.6 is 0 Å². The molecule has 1 atom stereocenters. The Balaban J connectivity index is 2.29. The summed E-state index contributed by atoms with van der Waals surface area (Å²) in [5.74, 6) is 1.01. The van der Waals surface area contributed by atoms with Gasteiger partial charge in [0, 0.05) is 12.1 Å². The van der Waals surface area contributed by atoms with Crippen molar-refractivity contribution in [2.45, 2.75) is 31.1 Å². The molecule has 1 aromatic rings. The van der Waals surface area contributed by atoms with Crippen LogP contribution < -0.4 is 5.84 Å². The number of nitrogens with two attached hydrogens (primary N) is 1. The number of ether oxygens (including phenoxy) is 1. The molecule has 0 saturated heterocycles. The minimum atomic E-state index is -3.09. The third-order valence-electron chi connectivity index (χ3n) is 3.67. The molecule has 0 amide bonds. The molecule has 1 aliphatic rings. The number of hydrogen-bond acceptors (Lipinski definition) is 3. The predicted octanol–water partition coefficient (Wildman–Crippen LogP) is 2.57. The Kier molecular flexibility index (Phi) is 4.48. The van der Waals surface area contributed by atoms with Gasteiger partial charge in [-0.15, -0.1) is 0 Å². The predicted molar refractivity (Wildman–Crippen MR) is 71.0 cm³/mol. The van der Waals surface area contributed by atoms with E-state index >= 15 is 0 Å². The molecule has 1 unspecified atom stereocenters. The molecule has 112 valence electrons. The SMILES string of the molecule is N#CCOCC(F)(F)C1CCCc2ccc([N+](N)=O)cc21. The van der Waals surface area contributed by atoms with E-state index in [-0.39, 0.29) is 17.2 Å². The fourth-order valence-electron chi connectivity index (χ4n) is 2.70. The second-order valence-electron chi connectivity index (χ2n) is 5.07. The largest absolute Gasteiger partial charge is 0.360 e. The third kappa shape index (κ3) is 3.34. The number of nitroso groups, excluding NO2 is 1. The number of rotatable bonds is 5. The van der Waals surface area contributed by atoms with Crippen molar-refractivity contribution in [3.63, 3.8) is 0 Å². The average molecular weight is 296 g/mol. The molecule has 1 aliphatic carbocycles. The van der Waals surface area contributed by atoms with Crippen molar-refractivity contribution in [1.29, 1.82) is 5.26 Å². The van der Waals surface area contributed by atoms with E-state index in [1.807, 2.05) is 0 Å². The van der Waals surface area contributed by atoms with Gasteiger partial charge in [0.15, 0.2) is 4.87 Å². The first-order chi connectivity index (χ1) is 9.95. The first kappa shape index (κ1) is 15.3. The molecule has 5 nitrogen and oxygen atoms in total. The Bertz CT molecular complexity index is 584. The minimum absolute atomic E-state index is 0.148. The van der Waals surface area contributed by atoms with E-state index in [0.717, 1.165) is 5.56 Å². The number of benzene rings is 1. The molecule has 0 fully saturated rings. The number of fused-ring (bicyclic) bond motifs is 1. The second kappa shape index (κ2) is 6.14. The topological polar surface area (TPSA) is 79.1 Å². The maximum atomic E-state index is 14.3. The molecule has 0 heterocycles. The van der Waals surface area contributed by atoms with Crippen LogP contribution in [0.15, 0.2) is 18.2 Å². The summed E-state index contributed by atoms with van der Waals surface area (Å²) in [5, 5.41) is 8.35. The summed E-state index contributed by atoms with van der Waals surface area (Å²) < 4.78 is 33.3. The fourth-order valence-corrected chi connectivity index (χ4v) is 2.70. The maximum Gasteiger partial charge on any atom is 0.291 e. The highest BCUT2D eigenvalue weighted by atomic mass is 19.3. The molecule has 0 spiro atoms. The molecule has 1 aromatic carbocycles. The highest BCUT2D eigenvalue weighted by molar-refractivity contribution is 5.43. The second-order valence-corrected chi connectivity index (χ2v) is 5.07. The molecule has 7 heteroatoms. The van der Waals surface area contributed by atoms with E-state index in [9.17, 15) is 13.7 Å². The molecule has 0 bridgehead atoms. The lowest BCUT2D eigenvalue weighted by molar-refractivity contribution is -0.474. The smallest absolute Gasteiger partial charge is 0.291 e. The average Bonchev–Trinajstić information content (AvgIpc) is 2.46. The minimum Gasteiger partial charge on any atom is -0.360 e. The Morgan fingerprint density at radius 2 is 2.29 bits per heavy atom. The normalized spacial score (nSPS) is 17.9. The zero-order valence-electron chi connectivity index (χ0n) is 11.4. The summed E-state index contributed by atoms with van der Waals surface area (Å²) in [6, 6.07) is 6.28. The highest BCUT2D eigenvalue weighted by Crippen LogP contribution is 2.43. The van der Waals surface area contributed by atoms with Crippen LogP contribution in [0.5, 0.6) is 0 Å². The fraction of sp³-hybridized carbons (Fsp3) is 0.500. The Hall–Kier alpha value is -2.07. The van der Waals surface area contributed by atoms with Gasteiger partial charge in [0.05, 0.1) is 16.9 Å². The first-order valence-corrected chi connectivity index (χ1v) is 6.63. The lowest BCUT2D eigenvalue weighted by atomic mass is 9.79. The van der Waals surface area contributed by atoms with E-state index in [2.05, 4.69) is 4.74 Å². The first-order valence-electron chi connectivity index (χ1n) is 6.63. The highest BCUT2D eigenvalue weighted by Gasteiger charge is 2.43. The maximum absolute atomic E-state index is 14.3. The summed E-state index contributed by atoms with van der Waals surface area (Å²) in [6.07, 6.45) is 1.65. The molecule has 0 saturated carbocycles. The molecule has 0 aliphatic heterocycles. The van der Waals surface area contributed by atoms with Gasteiger partial charge in [0.25, 0.3) is 11.6 Å². The van der Waals surface area contributed by atoms with E-state index in [0.29, 0.717) is 24.8 Å². The summed E-state index contributed by atoms with van der Waals surface area (Å²) >= 11 is 0. The zero-order valence-corrected chi connectivity index (χ0v) is 11.4. The number of nitrogens with zero attached hydrogens (tertiary/aromatic N) is 2. The van der Waals surface area contributed by atoms with Crippen LogP contribution in [0.1, 0.15) is 29.9 Å². The van der Waals surface area contributed by atoms with Crippen LogP contribution in [0.3, 0.4) is 0 Å². The number of hydrazine groups is 1. The molecule has 0 aromatic heterocycles. The van der Waals surface area contributed by atoms with Crippen molar-refractivity contribution in [3.8, 4) is 6.07 Å². The van der Waals surface area contributed by atoms with Gasteiger partial charge in [-0.3, -0.25) is 0 Å². The van der Waals surface area contributed by atoms with Crippen molar-refractivity contribution < 1.29 is 18.4 Å². The van der Waals surface area contributed by atoms with Gasteiger partial charge in [0.2, 0.25) is 0 Å². The van der Waals surface area contributed by atoms with E-state index in [1.165, 1.54) is 12.1 Å². The van der Waals surface area contributed by atoms with Crippen LogP contribution in [-0.4, -0.2) is 24.0 Å². The Labute approximate surface area is 120 Å². The third-order valence-corrected chi connectivity index (χ3v) is 3.67. The van der Waals surface area contributed by atoms with Gasteiger partial charge in [0.1, 0.15) is 13.2 Å². The van der Waals surface area contributed by atoms with Crippen molar-refractivity contribution in [3.05, 3.63) is 34.2 Å². The molecule has 2 rings (SSSR count). The standard InChI is InChI=1S/C14H16F2N3O2/c15-14(16,9-21-7-6-17)13-3-1-2-10-4-5-11(19(18)20)8-12(10)13/h4-5,8,13H,1-3,7,9H2,(H2,18,20)/q+1. The summed E-state index contributed by atoms with van der Waals surface area (Å²) in [6.45, 7) is -1.18. The van der Waals surface area contributed by atoms with Crippen molar-refractivity contribution >= 4 is 5.69 Å². The lowest BCUT2D eigenvalue weighted by Crippen LogP contribution is -2.34. The van der Waals surface area contributed by atoms with E-state index in [4.69, 9.17) is 11.1 Å². The van der Waals surface area contributed by atoms with Crippen LogP contribution in [0, 0.1) is 16.2 Å². The van der Waals surface area contributed by atoms with E-state index < -0.39 is 18.4 Å². The van der Waals surface area contributed by atoms with Crippen LogP contribution in [-0.2, 0) is 11.2 Å². The van der Waals surface area contributed by atoms with Crippen molar-refractivity contribution in [2.24, 2.45) is 5.84 Å². The zero-order chi connectivity index (χ0) is 15.5.